The van der Waals surface area contributed by atoms with Gasteiger partial charge in [0, 0.05) is 32.7 Å². The number of fused-ring (bicyclic) bond motifs is 2. The molecule has 1 aliphatic heterocycles. The van der Waals surface area contributed by atoms with E-state index in [-0.39, 0.29) is 11.5 Å². The lowest BCUT2D eigenvalue weighted by molar-refractivity contribution is -0.148. The summed E-state index contributed by atoms with van der Waals surface area (Å²) in [7, 11) is -3.86. The van der Waals surface area contributed by atoms with Gasteiger partial charge in [-0.05, 0) is 31.2 Å². The lowest BCUT2D eigenvalue weighted by atomic mass is 9.83. The summed E-state index contributed by atoms with van der Waals surface area (Å²) in [4.78, 5) is 16.3. The van der Waals surface area contributed by atoms with Crippen LogP contribution in [0.3, 0.4) is 0 Å². The number of rotatable bonds is 3. The maximum absolute atomic E-state index is 13.1. The molecule has 0 bridgehead atoms. The van der Waals surface area contributed by atoms with Crippen LogP contribution in [-0.2, 0) is 25.1 Å². The van der Waals surface area contributed by atoms with Gasteiger partial charge in [-0.3, -0.25) is 0 Å². The Bertz CT molecular complexity index is 1140. The minimum Gasteiger partial charge on any atom is -0.464 e. The van der Waals surface area contributed by atoms with E-state index in [4.69, 9.17) is 4.74 Å². The summed E-state index contributed by atoms with van der Waals surface area (Å²) in [5, 5.41) is 0.729. The highest BCUT2D eigenvalue weighted by Gasteiger charge is 2.55. The van der Waals surface area contributed by atoms with Crippen molar-refractivity contribution in [2.45, 2.75) is 17.4 Å². The number of ether oxygens (including phenoxy) is 1. The lowest BCUT2D eigenvalue weighted by Crippen LogP contribution is -2.48. The van der Waals surface area contributed by atoms with E-state index in [1.165, 1.54) is 6.07 Å². The van der Waals surface area contributed by atoms with E-state index < -0.39 is 21.5 Å². The van der Waals surface area contributed by atoms with Crippen molar-refractivity contribution in [1.82, 2.24) is 9.71 Å². The molecule has 134 valence electrons. The first-order valence-corrected chi connectivity index (χ1v) is 10.3. The van der Waals surface area contributed by atoms with Gasteiger partial charge in [0.2, 0.25) is 10.0 Å². The summed E-state index contributed by atoms with van der Waals surface area (Å²) < 4.78 is 34.2. The van der Waals surface area contributed by atoms with Crippen LogP contribution in [0.1, 0.15) is 18.1 Å². The predicted molar refractivity (Wildman–Crippen MR) is 100 cm³/mol. The van der Waals surface area contributed by atoms with Crippen LogP contribution < -0.4 is 4.72 Å². The molecule has 8 heteroatoms. The molecule has 0 spiro atoms. The zero-order valence-corrected chi connectivity index (χ0v) is 16.1. The summed E-state index contributed by atoms with van der Waals surface area (Å²) in [6, 6.07) is 12.0. The second-order valence-corrected chi connectivity index (χ2v) is 8.53. The second-order valence-electron chi connectivity index (χ2n) is 5.96. The van der Waals surface area contributed by atoms with Crippen molar-refractivity contribution in [1.29, 1.82) is 0 Å². The van der Waals surface area contributed by atoms with Gasteiger partial charge in [0.15, 0.2) is 5.54 Å². The number of sulfonamides is 1. The summed E-state index contributed by atoms with van der Waals surface area (Å²) >= 11 is 3.43. The van der Waals surface area contributed by atoms with E-state index in [1.54, 1.807) is 31.3 Å². The first kappa shape index (κ1) is 17.3. The molecule has 3 aromatic rings. The van der Waals surface area contributed by atoms with Gasteiger partial charge in [-0.2, -0.15) is 4.72 Å². The van der Waals surface area contributed by atoms with Crippen LogP contribution in [0.5, 0.6) is 0 Å². The van der Waals surface area contributed by atoms with E-state index >= 15 is 0 Å². The maximum atomic E-state index is 13.1. The number of carbonyl (C=O) groups excluding carboxylic acids is 1. The fourth-order valence-corrected chi connectivity index (χ4v) is 5.37. The average Bonchev–Trinajstić information content (AvgIpc) is 3.13. The van der Waals surface area contributed by atoms with Crippen LogP contribution in [0.15, 0.2) is 58.0 Å². The normalized spacial score (nSPS) is 20.8. The molecule has 0 saturated heterocycles. The number of carbonyl (C=O) groups is 1. The number of benzene rings is 2. The molecule has 0 saturated carbocycles. The van der Waals surface area contributed by atoms with E-state index in [9.17, 15) is 13.2 Å². The molecule has 2 aromatic carbocycles. The zero-order valence-electron chi connectivity index (χ0n) is 13.7. The molecule has 2 N–H and O–H groups in total. The smallest absolute Gasteiger partial charge is 0.336 e. The van der Waals surface area contributed by atoms with Crippen molar-refractivity contribution in [3.8, 4) is 0 Å². The number of nitrogens with one attached hydrogen (secondary N) is 2. The summed E-state index contributed by atoms with van der Waals surface area (Å²) in [5.41, 5.74) is 0.0142. The molecule has 0 radical (unpaired) electrons. The van der Waals surface area contributed by atoms with Gasteiger partial charge in [0.1, 0.15) is 0 Å². The fourth-order valence-electron chi connectivity index (χ4n) is 3.43. The first-order valence-electron chi connectivity index (χ1n) is 7.98. The number of H-pyrrole nitrogens is 1. The molecule has 0 aliphatic carbocycles. The fraction of sp³-hybridized carbons (Fsp3) is 0.167. The summed E-state index contributed by atoms with van der Waals surface area (Å²) in [5.74, 6) is -0.658. The SMILES string of the molecule is CCOC(=O)[C@]1(c2c[nH]c3ccc(Br)cc23)NS(=O)(=O)c2ccccc21. The first-order chi connectivity index (χ1) is 12.4. The van der Waals surface area contributed by atoms with Crippen molar-refractivity contribution in [3.63, 3.8) is 0 Å². The third kappa shape index (κ3) is 2.33. The minimum absolute atomic E-state index is 0.0809. The predicted octanol–water partition coefficient (Wildman–Crippen LogP) is 3.03. The third-order valence-corrected chi connectivity index (χ3v) is 6.50. The van der Waals surface area contributed by atoms with Crippen molar-refractivity contribution in [2.24, 2.45) is 0 Å². The minimum atomic E-state index is -3.86. The number of esters is 1. The van der Waals surface area contributed by atoms with Crippen molar-refractivity contribution in [2.75, 3.05) is 6.61 Å². The van der Waals surface area contributed by atoms with E-state index in [2.05, 4.69) is 25.6 Å². The maximum Gasteiger partial charge on any atom is 0.336 e. The monoisotopic (exact) mass is 434 g/mol. The molecule has 1 aromatic heterocycles. The van der Waals surface area contributed by atoms with Crippen LogP contribution >= 0.6 is 15.9 Å². The average molecular weight is 435 g/mol. The van der Waals surface area contributed by atoms with Crippen LogP contribution in [-0.4, -0.2) is 26.0 Å². The van der Waals surface area contributed by atoms with Crippen LogP contribution in [0.2, 0.25) is 0 Å². The van der Waals surface area contributed by atoms with E-state index in [0.717, 1.165) is 15.4 Å². The third-order valence-electron chi connectivity index (χ3n) is 4.50. The molecule has 0 unspecified atom stereocenters. The Hall–Kier alpha value is -2.16. The second kappa shape index (κ2) is 5.94. The largest absolute Gasteiger partial charge is 0.464 e. The van der Waals surface area contributed by atoms with Crippen molar-refractivity contribution >= 4 is 42.8 Å². The van der Waals surface area contributed by atoms with Crippen molar-refractivity contribution in [3.05, 3.63) is 64.3 Å². The molecule has 6 nitrogen and oxygen atoms in total. The van der Waals surface area contributed by atoms with Crippen LogP contribution in [0.4, 0.5) is 0 Å². The molecule has 0 fully saturated rings. The quantitative estimate of drug-likeness (QED) is 0.620. The zero-order chi connectivity index (χ0) is 18.5. The van der Waals surface area contributed by atoms with Crippen LogP contribution in [0, 0.1) is 0 Å². The van der Waals surface area contributed by atoms with Gasteiger partial charge in [-0.15, -0.1) is 0 Å². The van der Waals surface area contributed by atoms with Gasteiger partial charge in [0.25, 0.3) is 0 Å². The number of aromatic amines is 1. The van der Waals surface area contributed by atoms with E-state index in [1.807, 2.05) is 18.2 Å². The van der Waals surface area contributed by atoms with E-state index in [0.29, 0.717) is 11.1 Å². The van der Waals surface area contributed by atoms with Gasteiger partial charge in [-0.25, -0.2) is 13.2 Å². The number of aromatic nitrogens is 1. The van der Waals surface area contributed by atoms with Gasteiger partial charge in [-0.1, -0.05) is 34.1 Å². The molecular weight excluding hydrogens is 420 g/mol. The molecular formula is C18H15BrN2O4S. The highest BCUT2D eigenvalue weighted by molar-refractivity contribution is 9.10. The number of halogens is 1. The molecule has 0 amide bonds. The Labute approximate surface area is 158 Å². The summed E-state index contributed by atoms with van der Waals surface area (Å²) in [6.45, 7) is 1.82. The number of hydrogen-bond donors (Lipinski definition) is 2. The standard InChI is InChI=1S/C18H15BrN2O4S/c1-2-25-17(22)18(13-5-3-4-6-16(13)26(23,24)21-18)14-10-20-15-8-7-11(19)9-12(14)15/h3-10,20-21H,2H2,1H3/t18-/m0/s1. The summed E-state index contributed by atoms with van der Waals surface area (Å²) in [6.07, 6.45) is 1.65. The van der Waals surface area contributed by atoms with Crippen molar-refractivity contribution < 1.29 is 17.9 Å². The molecule has 1 aliphatic rings. The van der Waals surface area contributed by atoms with Gasteiger partial charge >= 0.3 is 5.97 Å². The highest BCUT2D eigenvalue weighted by atomic mass is 79.9. The molecule has 4 rings (SSSR count). The Morgan fingerprint density at radius 3 is 2.73 bits per heavy atom. The lowest BCUT2D eigenvalue weighted by Gasteiger charge is -2.27. The van der Waals surface area contributed by atoms with Crippen LogP contribution in [0.25, 0.3) is 10.9 Å². The Balaban J connectivity index is 2.10. The Morgan fingerprint density at radius 1 is 1.19 bits per heavy atom. The Kier molecular flexibility index (Phi) is 3.94. The molecule has 1 atom stereocenters. The number of hydrogen-bond acceptors (Lipinski definition) is 4. The topological polar surface area (TPSA) is 88.3 Å². The van der Waals surface area contributed by atoms with Gasteiger partial charge < -0.3 is 9.72 Å². The molecule has 2 heterocycles. The Morgan fingerprint density at radius 2 is 1.96 bits per heavy atom. The highest BCUT2D eigenvalue weighted by Crippen LogP contribution is 2.44. The molecule has 26 heavy (non-hydrogen) atoms. The van der Waals surface area contributed by atoms with Gasteiger partial charge in [0.05, 0.1) is 11.5 Å².